The molecule has 0 radical (unpaired) electrons. The molecule has 2 aromatic carbocycles. The van der Waals surface area contributed by atoms with Gasteiger partial charge in [-0.05, 0) is 30.3 Å². The Bertz CT molecular complexity index is 672. The first-order valence-electron chi connectivity index (χ1n) is 5.37. The Labute approximate surface area is 117 Å². The highest BCUT2D eigenvalue weighted by Crippen LogP contribution is 2.37. The van der Waals surface area contributed by atoms with Gasteiger partial charge in [-0.15, -0.1) is 0 Å². The van der Waals surface area contributed by atoms with Gasteiger partial charge in [0.25, 0.3) is 11.4 Å². The van der Waals surface area contributed by atoms with Gasteiger partial charge in [-0.3, -0.25) is 20.2 Å². The van der Waals surface area contributed by atoms with E-state index in [0.29, 0.717) is 9.79 Å². The molecular weight excluding hydrogens is 284 g/mol. The molecule has 0 aliphatic heterocycles. The Morgan fingerprint density at radius 3 is 2.15 bits per heavy atom. The summed E-state index contributed by atoms with van der Waals surface area (Å²) >= 11 is 1.10. The Balaban J connectivity index is 2.38. The number of phenolic OH excluding ortho intramolecular Hbond substituents is 1. The fourth-order valence-electron chi connectivity index (χ4n) is 1.49. The van der Waals surface area contributed by atoms with E-state index in [1.54, 1.807) is 12.1 Å². The van der Waals surface area contributed by atoms with Crippen LogP contribution >= 0.6 is 11.8 Å². The van der Waals surface area contributed by atoms with Gasteiger partial charge in [-0.25, -0.2) is 0 Å². The van der Waals surface area contributed by atoms with E-state index in [-0.39, 0.29) is 17.1 Å². The molecule has 1 N–H and O–H groups in total. The normalized spacial score (nSPS) is 10.2. The highest BCUT2D eigenvalue weighted by molar-refractivity contribution is 7.99. The first-order chi connectivity index (χ1) is 9.47. The van der Waals surface area contributed by atoms with Crippen LogP contribution in [0.25, 0.3) is 0 Å². The zero-order chi connectivity index (χ0) is 14.7. The maximum absolute atomic E-state index is 11.0. The molecule has 20 heavy (non-hydrogen) atoms. The molecule has 0 saturated carbocycles. The van der Waals surface area contributed by atoms with Crippen LogP contribution in [0.3, 0.4) is 0 Å². The Morgan fingerprint density at radius 1 is 0.950 bits per heavy atom. The van der Waals surface area contributed by atoms with E-state index in [1.807, 2.05) is 0 Å². The predicted octanol–water partition coefficient (Wildman–Crippen LogP) is 3.36. The van der Waals surface area contributed by atoms with Gasteiger partial charge in [-0.1, -0.05) is 11.8 Å². The van der Waals surface area contributed by atoms with E-state index in [4.69, 9.17) is 0 Å². The monoisotopic (exact) mass is 292 g/mol. The molecule has 0 aliphatic rings. The summed E-state index contributed by atoms with van der Waals surface area (Å²) in [5, 5.41) is 30.8. The number of phenols is 1. The SMILES string of the molecule is O=[N+]([O-])c1ccc(Sc2ccc(O)cc2)c([N+](=O)[O-])c1. The summed E-state index contributed by atoms with van der Waals surface area (Å²) < 4.78 is 0. The summed E-state index contributed by atoms with van der Waals surface area (Å²) in [6.07, 6.45) is 0. The minimum Gasteiger partial charge on any atom is -0.508 e. The van der Waals surface area contributed by atoms with Gasteiger partial charge in [0.1, 0.15) is 5.75 Å². The first-order valence-corrected chi connectivity index (χ1v) is 6.19. The van der Waals surface area contributed by atoms with Gasteiger partial charge >= 0.3 is 0 Å². The van der Waals surface area contributed by atoms with E-state index >= 15 is 0 Å². The summed E-state index contributed by atoms with van der Waals surface area (Å²) in [5.74, 6) is 0.0903. The van der Waals surface area contributed by atoms with Crippen LogP contribution in [-0.2, 0) is 0 Å². The zero-order valence-corrected chi connectivity index (χ0v) is 10.7. The van der Waals surface area contributed by atoms with Crippen LogP contribution in [-0.4, -0.2) is 15.0 Å². The Morgan fingerprint density at radius 2 is 1.60 bits per heavy atom. The number of aromatic hydroxyl groups is 1. The fourth-order valence-corrected chi connectivity index (χ4v) is 2.39. The summed E-state index contributed by atoms with van der Waals surface area (Å²) in [6.45, 7) is 0. The number of hydrogen-bond donors (Lipinski definition) is 1. The molecule has 102 valence electrons. The maximum atomic E-state index is 11.0. The third kappa shape index (κ3) is 3.04. The number of rotatable bonds is 4. The molecule has 0 spiro atoms. The average Bonchev–Trinajstić information content (AvgIpc) is 2.41. The molecule has 0 unspecified atom stereocenters. The third-order valence-corrected chi connectivity index (χ3v) is 3.49. The second kappa shape index (κ2) is 5.57. The van der Waals surface area contributed by atoms with Crippen molar-refractivity contribution in [1.29, 1.82) is 0 Å². The summed E-state index contributed by atoms with van der Waals surface area (Å²) in [6, 6.07) is 9.61. The molecule has 0 atom stereocenters. The molecular formula is C12H8N2O5S. The van der Waals surface area contributed by atoms with E-state index in [0.717, 1.165) is 17.8 Å². The van der Waals surface area contributed by atoms with Crippen LogP contribution in [0.4, 0.5) is 11.4 Å². The third-order valence-electron chi connectivity index (χ3n) is 2.41. The van der Waals surface area contributed by atoms with E-state index in [9.17, 15) is 25.3 Å². The number of non-ortho nitro benzene ring substituents is 1. The summed E-state index contributed by atoms with van der Waals surface area (Å²) in [5.41, 5.74) is -0.649. The molecule has 0 aliphatic carbocycles. The van der Waals surface area contributed by atoms with Crippen molar-refractivity contribution in [3.63, 3.8) is 0 Å². The van der Waals surface area contributed by atoms with Gasteiger partial charge < -0.3 is 5.11 Å². The van der Waals surface area contributed by atoms with Crippen LogP contribution in [0, 0.1) is 20.2 Å². The van der Waals surface area contributed by atoms with E-state index in [2.05, 4.69) is 0 Å². The van der Waals surface area contributed by atoms with Crippen molar-refractivity contribution in [2.24, 2.45) is 0 Å². The van der Waals surface area contributed by atoms with Crippen LogP contribution < -0.4 is 0 Å². The van der Waals surface area contributed by atoms with Crippen molar-refractivity contribution in [3.8, 4) is 5.75 Å². The van der Waals surface area contributed by atoms with Crippen LogP contribution in [0.1, 0.15) is 0 Å². The second-order valence-corrected chi connectivity index (χ2v) is 4.88. The van der Waals surface area contributed by atoms with Gasteiger partial charge in [-0.2, -0.15) is 0 Å². The number of hydrogen-bond acceptors (Lipinski definition) is 6. The minimum atomic E-state index is -0.679. The molecule has 0 aromatic heterocycles. The van der Waals surface area contributed by atoms with Crippen LogP contribution in [0.5, 0.6) is 5.75 Å². The smallest absolute Gasteiger partial charge is 0.290 e. The van der Waals surface area contributed by atoms with Crippen molar-refractivity contribution >= 4 is 23.1 Å². The number of nitro groups is 2. The lowest BCUT2D eigenvalue weighted by molar-refractivity contribution is -0.396. The molecule has 0 heterocycles. The van der Waals surface area contributed by atoms with E-state index < -0.39 is 9.85 Å². The van der Waals surface area contributed by atoms with Crippen LogP contribution in [0.2, 0.25) is 0 Å². The van der Waals surface area contributed by atoms with Gasteiger partial charge in [0.15, 0.2) is 0 Å². The van der Waals surface area contributed by atoms with Crippen molar-refractivity contribution in [1.82, 2.24) is 0 Å². The van der Waals surface area contributed by atoms with Gasteiger partial charge in [0.05, 0.1) is 20.8 Å². The molecule has 0 bridgehead atoms. The van der Waals surface area contributed by atoms with E-state index in [1.165, 1.54) is 24.3 Å². The standard InChI is InChI=1S/C12H8N2O5S/c15-9-2-4-10(5-3-9)20-12-6-1-8(13(16)17)7-11(12)14(18)19/h1-7,15H. The minimum absolute atomic E-state index is 0.0903. The second-order valence-electron chi connectivity index (χ2n) is 3.76. The van der Waals surface area contributed by atoms with Crippen molar-refractivity contribution < 1.29 is 15.0 Å². The van der Waals surface area contributed by atoms with Crippen molar-refractivity contribution in [2.75, 3.05) is 0 Å². The zero-order valence-electron chi connectivity index (χ0n) is 9.92. The molecule has 2 rings (SSSR count). The number of nitrogens with zero attached hydrogens (tertiary/aromatic N) is 2. The Hall–Kier alpha value is -2.61. The molecule has 0 amide bonds. The fraction of sp³-hybridized carbons (Fsp3) is 0. The average molecular weight is 292 g/mol. The predicted molar refractivity (Wildman–Crippen MR) is 72.0 cm³/mol. The molecule has 2 aromatic rings. The maximum Gasteiger partial charge on any atom is 0.290 e. The quantitative estimate of drug-likeness (QED) is 0.684. The largest absolute Gasteiger partial charge is 0.508 e. The first kappa shape index (κ1) is 13.8. The molecule has 8 heteroatoms. The van der Waals surface area contributed by atoms with Gasteiger partial charge in [0.2, 0.25) is 0 Å². The highest BCUT2D eigenvalue weighted by Gasteiger charge is 2.20. The molecule has 0 fully saturated rings. The number of benzene rings is 2. The molecule has 7 nitrogen and oxygen atoms in total. The topological polar surface area (TPSA) is 107 Å². The van der Waals surface area contributed by atoms with Crippen molar-refractivity contribution in [3.05, 3.63) is 62.7 Å². The number of nitro benzene ring substituents is 2. The lowest BCUT2D eigenvalue weighted by Crippen LogP contribution is -1.94. The summed E-state index contributed by atoms with van der Waals surface area (Å²) in [7, 11) is 0. The molecule has 0 saturated heterocycles. The Kier molecular flexibility index (Phi) is 3.85. The van der Waals surface area contributed by atoms with Crippen LogP contribution in [0.15, 0.2) is 52.3 Å². The van der Waals surface area contributed by atoms with Gasteiger partial charge in [0, 0.05) is 11.0 Å². The lowest BCUT2D eigenvalue weighted by atomic mass is 10.3. The van der Waals surface area contributed by atoms with Crippen molar-refractivity contribution in [2.45, 2.75) is 9.79 Å². The lowest BCUT2D eigenvalue weighted by Gasteiger charge is -2.03. The highest BCUT2D eigenvalue weighted by atomic mass is 32.2. The summed E-state index contributed by atoms with van der Waals surface area (Å²) in [4.78, 5) is 21.2.